The molecule has 34 heavy (non-hydrogen) atoms. The van der Waals surface area contributed by atoms with Crippen LogP contribution in [0.3, 0.4) is 0 Å². The standard InChI is InChI=1S/C24H19N7O2S/c1-30-13-21(12-27-30)20-10-23-24(26-16-28-31(23)14-20)19-6-8-22(9-7-19)29-34(32,33)15-18-4-2-17(11-25)3-5-18/h2-10,12-14,16,29H,15H2,1H3. The number of benzene rings is 2. The summed E-state index contributed by atoms with van der Waals surface area (Å²) in [5.74, 6) is -0.186. The summed E-state index contributed by atoms with van der Waals surface area (Å²) in [6.07, 6.45) is 7.13. The smallest absolute Gasteiger partial charge is 0.236 e. The van der Waals surface area contributed by atoms with E-state index in [1.165, 1.54) is 6.33 Å². The Bertz CT molecular complexity index is 1630. The average Bonchev–Trinajstić information content (AvgIpc) is 3.45. The molecule has 0 aliphatic heterocycles. The van der Waals surface area contributed by atoms with Crippen LogP contribution in [0.4, 0.5) is 5.69 Å². The van der Waals surface area contributed by atoms with Crippen molar-refractivity contribution in [2.75, 3.05) is 4.72 Å². The SMILES string of the molecule is Cn1cc(-c2cc3c(-c4ccc(NS(=O)(=O)Cc5ccc(C#N)cc5)cc4)ncnn3c2)cn1. The Morgan fingerprint density at radius 2 is 1.74 bits per heavy atom. The first-order valence-electron chi connectivity index (χ1n) is 10.3. The van der Waals surface area contributed by atoms with Gasteiger partial charge in [0, 0.05) is 41.8 Å². The fourth-order valence-corrected chi connectivity index (χ4v) is 4.89. The molecule has 3 aromatic heterocycles. The van der Waals surface area contributed by atoms with E-state index in [1.54, 1.807) is 51.8 Å². The number of nitrogens with zero attached hydrogens (tertiary/aromatic N) is 6. The van der Waals surface area contributed by atoms with E-state index in [9.17, 15) is 8.42 Å². The van der Waals surface area contributed by atoms with E-state index in [0.717, 1.165) is 27.9 Å². The van der Waals surface area contributed by atoms with E-state index in [4.69, 9.17) is 5.26 Å². The first-order chi connectivity index (χ1) is 16.4. The van der Waals surface area contributed by atoms with Crippen molar-refractivity contribution >= 4 is 21.2 Å². The van der Waals surface area contributed by atoms with Gasteiger partial charge in [-0.1, -0.05) is 24.3 Å². The molecule has 0 saturated carbocycles. The molecular formula is C24H19N7O2S. The van der Waals surface area contributed by atoms with Crippen LogP contribution in [0.5, 0.6) is 0 Å². The summed E-state index contributed by atoms with van der Waals surface area (Å²) in [5, 5.41) is 17.4. The van der Waals surface area contributed by atoms with Gasteiger partial charge in [0.1, 0.15) is 6.33 Å². The molecule has 10 heteroatoms. The van der Waals surface area contributed by atoms with Gasteiger partial charge in [0.2, 0.25) is 10.0 Å². The number of nitriles is 1. The number of aromatic nitrogens is 5. The highest BCUT2D eigenvalue weighted by Gasteiger charge is 2.14. The van der Waals surface area contributed by atoms with Gasteiger partial charge in [-0.15, -0.1) is 0 Å². The molecule has 0 atom stereocenters. The van der Waals surface area contributed by atoms with Crippen LogP contribution in [-0.4, -0.2) is 32.8 Å². The van der Waals surface area contributed by atoms with Gasteiger partial charge in [-0.2, -0.15) is 15.5 Å². The maximum absolute atomic E-state index is 12.6. The van der Waals surface area contributed by atoms with E-state index in [0.29, 0.717) is 16.8 Å². The summed E-state index contributed by atoms with van der Waals surface area (Å²) in [7, 11) is -1.75. The molecule has 0 saturated heterocycles. The second-order valence-corrected chi connectivity index (χ2v) is 9.54. The number of hydrogen-bond donors (Lipinski definition) is 1. The molecule has 0 aliphatic rings. The topological polar surface area (TPSA) is 118 Å². The Morgan fingerprint density at radius 1 is 0.971 bits per heavy atom. The van der Waals surface area contributed by atoms with Crippen LogP contribution in [0.1, 0.15) is 11.1 Å². The van der Waals surface area contributed by atoms with Crippen molar-refractivity contribution in [3.63, 3.8) is 0 Å². The van der Waals surface area contributed by atoms with Gasteiger partial charge in [0.05, 0.1) is 34.8 Å². The van der Waals surface area contributed by atoms with Crippen LogP contribution < -0.4 is 4.72 Å². The molecule has 1 N–H and O–H groups in total. The van der Waals surface area contributed by atoms with Crippen LogP contribution in [0.25, 0.3) is 27.9 Å². The average molecular weight is 470 g/mol. The molecule has 0 amide bonds. The Hall–Kier alpha value is -4.49. The van der Waals surface area contributed by atoms with Crippen molar-refractivity contribution in [1.29, 1.82) is 5.26 Å². The number of anilines is 1. The van der Waals surface area contributed by atoms with E-state index < -0.39 is 10.0 Å². The summed E-state index contributed by atoms with van der Waals surface area (Å²) < 4.78 is 31.3. The van der Waals surface area contributed by atoms with E-state index in [2.05, 4.69) is 19.9 Å². The molecule has 5 aromatic rings. The van der Waals surface area contributed by atoms with Crippen molar-refractivity contribution in [1.82, 2.24) is 24.4 Å². The molecule has 0 bridgehead atoms. The van der Waals surface area contributed by atoms with Crippen molar-refractivity contribution in [3.8, 4) is 28.5 Å². The number of sulfonamides is 1. The highest BCUT2D eigenvalue weighted by molar-refractivity contribution is 7.91. The molecule has 0 radical (unpaired) electrons. The molecule has 2 aromatic carbocycles. The first kappa shape index (κ1) is 21.4. The summed E-state index contributed by atoms with van der Waals surface area (Å²) in [6, 6.07) is 17.5. The third-order valence-corrected chi connectivity index (χ3v) is 6.58. The summed E-state index contributed by atoms with van der Waals surface area (Å²) >= 11 is 0. The predicted octanol–water partition coefficient (Wildman–Crippen LogP) is 3.61. The Morgan fingerprint density at radius 3 is 2.41 bits per heavy atom. The van der Waals surface area contributed by atoms with Crippen LogP contribution in [0, 0.1) is 11.3 Å². The van der Waals surface area contributed by atoms with Crippen LogP contribution in [0.15, 0.2) is 79.5 Å². The third kappa shape index (κ3) is 4.37. The highest BCUT2D eigenvalue weighted by atomic mass is 32.2. The van der Waals surface area contributed by atoms with Gasteiger partial charge in [0.15, 0.2) is 0 Å². The minimum atomic E-state index is -3.62. The fourth-order valence-electron chi connectivity index (χ4n) is 3.69. The second kappa shape index (κ2) is 8.46. The summed E-state index contributed by atoms with van der Waals surface area (Å²) in [4.78, 5) is 4.45. The van der Waals surface area contributed by atoms with Gasteiger partial charge in [-0.3, -0.25) is 9.40 Å². The zero-order valence-electron chi connectivity index (χ0n) is 18.1. The molecule has 0 fully saturated rings. The molecule has 5 rings (SSSR count). The van der Waals surface area contributed by atoms with Crippen LogP contribution in [-0.2, 0) is 22.8 Å². The molecule has 3 heterocycles. The summed E-state index contributed by atoms with van der Waals surface area (Å²) in [5.41, 5.74) is 5.89. The largest absolute Gasteiger partial charge is 0.283 e. The second-order valence-electron chi connectivity index (χ2n) is 7.82. The normalized spacial score (nSPS) is 11.4. The molecule has 0 aliphatic carbocycles. The van der Waals surface area contributed by atoms with Crippen LogP contribution >= 0.6 is 0 Å². The zero-order chi connectivity index (χ0) is 23.7. The highest BCUT2D eigenvalue weighted by Crippen LogP contribution is 2.28. The molecule has 0 unspecified atom stereocenters. The summed E-state index contributed by atoms with van der Waals surface area (Å²) in [6.45, 7) is 0. The van der Waals surface area contributed by atoms with E-state index in [-0.39, 0.29) is 5.75 Å². The molecular weight excluding hydrogens is 450 g/mol. The quantitative estimate of drug-likeness (QED) is 0.406. The molecule has 168 valence electrons. The number of fused-ring (bicyclic) bond motifs is 1. The number of nitrogens with one attached hydrogen (secondary N) is 1. The third-order valence-electron chi connectivity index (χ3n) is 5.32. The van der Waals surface area contributed by atoms with Crippen molar-refractivity contribution in [2.45, 2.75) is 5.75 Å². The molecule has 0 spiro atoms. The lowest BCUT2D eigenvalue weighted by Gasteiger charge is -2.09. The lowest BCUT2D eigenvalue weighted by Crippen LogP contribution is -2.15. The van der Waals surface area contributed by atoms with Crippen molar-refractivity contribution in [2.24, 2.45) is 7.05 Å². The fraction of sp³-hybridized carbons (Fsp3) is 0.0833. The maximum atomic E-state index is 12.6. The first-order valence-corrected chi connectivity index (χ1v) is 12.0. The van der Waals surface area contributed by atoms with Gasteiger partial charge in [-0.05, 0) is 35.9 Å². The number of rotatable bonds is 6. The van der Waals surface area contributed by atoms with Crippen molar-refractivity contribution < 1.29 is 8.42 Å². The number of hydrogen-bond acceptors (Lipinski definition) is 6. The van der Waals surface area contributed by atoms with Gasteiger partial charge in [0.25, 0.3) is 0 Å². The lowest BCUT2D eigenvalue weighted by molar-refractivity contribution is 0.600. The minimum absolute atomic E-state index is 0.186. The monoisotopic (exact) mass is 469 g/mol. The number of aryl methyl sites for hydroxylation is 1. The van der Waals surface area contributed by atoms with Gasteiger partial charge < -0.3 is 0 Å². The van der Waals surface area contributed by atoms with Crippen LogP contribution in [0.2, 0.25) is 0 Å². The maximum Gasteiger partial charge on any atom is 0.236 e. The Labute approximate surface area is 196 Å². The Balaban J connectivity index is 1.37. The lowest BCUT2D eigenvalue weighted by atomic mass is 10.1. The predicted molar refractivity (Wildman–Crippen MR) is 128 cm³/mol. The van der Waals surface area contributed by atoms with Gasteiger partial charge in [-0.25, -0.2) is 17.9 Å². The Kier molecular flexibility index (Phi) is 5.31. The van der Waals surface area contributed by atoms with E-state index >= 15 is 0 Å². The van der Waals surface area contributed by atoms with Gasteiger partial charge >= 0.3 is 0 Å². The van der Waals surface area contributed by atoms with Crippen molar-refractivity contribution in [3.05, 3.63) is 90.6 Å². The minimum Gasteiger partial charge on any atom is -0.283 e. The molecule has 9 nitrogen and oxygen atoms in total. The zero-order valence-corrected chi connectivity index (χ0v) is 18.9. The van der Waals surface area contributed by atoms with E-state index in [1.807, 2.05) is 43.7 Å².